The lowest BCUT2D eigenvalue weighted by Crippen LogP contribution is -2.50. The molecule has 3 saturated heterocycles. The maximum Gasteiger partial charge on any atom is 0.260 e. The molecule has 0 aromatic heterocycles. The standard InChI is InChI=1S/C16H15Cl4NO4/c1-2-3-24-21-13(22)5-6(14(21)23)10-8-7(9(5)25-10)15(19)4-16(8,20)12(18)11(15)17/h5-10H,2-4H2,1H3/t5-,6-,7+,8+,9-,10-,15-,16-/m1/s1. The molecule has 5 nitrogen and oxygen atoms in total. The van der Waals surface area contributed by atoms with Crippen LogP contribution >= 0.6 is 46.4 Å². The Hall–Kier alpha value is -0.0400. The van der Waals surface area contributed by atoms with E-state index in [4.69, 9.17) is 56.0 Å². The van der Waals surface area contributed by atoms with Crippen LogP contribution in [0.4, 0.5) is 0 Å². The van der Waals surface area contributed by atoms with Gasteiger partial charge in [0.25, 0.3) is 11.8 Å². The van der Waals surface area contributed by atoms with Gasteiger partial charge in [-0.25, -0.2) is 0 Å². The summed E-state index contributed by atoms with van der Waals surface area (Å²) >= 11 is 26.5. The Kier molecular flexibility index (Phi) is 3.46. The van der Waals surface area contributed by atoms with Crippen LogP contribution in [-0.4, -0.2) is 45.4 Å². The van der Waals surface area contributed by atoms with Crippen molar-refractivity contribution in [3.05, 3.63) is 10.1 Å². The maximum atomic E-state index is 12.8. The zero-order valence-electron chi connectivity index (χ0n) is 13.2. The third kappa shape index (κ3) is 1.72. The van der Waals surface area contributed by atoms with Crippen LogP contribution in [0.15, 0.2) is 10.1 Å². The molecule has 0 radical (unpaired) electrons. The Labute approximate surface area is 164 Å². The smallest absolute Gasteiger partial charge is 0.260 e. The molecule has 0 unspecified atom stereocenters. The predicted molar refractivity (Wildman–Crippen MR) is 91.2 cm³/mol. The highest BCUT2D eigenvalue weighted by atomic mass is 35.5. The van der Waals surface area contributed by atoms with E-state index in [1.807, 2.05) is 6.92 Å². The van der Waals surface area contributed by atoms with Gasteiger partial charge in [0, 0.05) is 11.8 Å². The van der Waals surface area contributed by atoms with Crippen LogP contribution < -0.4 is 0 Å². The lowest BCUT2D eigenvalue weighted by Gasteiger charge is -2.40. The number of hydrogen-bond acceptors (Lipinski definition) is 4. The molecule has 0 N–H and O–H groups in total. The van der Waals surface area contributed by atoms with Gasteiger partial charge in [0.2, 0.25) is 0 Å². The molecule has 3 heterocycles. The van der Waals surface area contributed by atoms with Crippen molar-refractivity contribution in [1.29, 1.82) is 0 Å². The molecule has 0 aromatic carbocycles. The van der Waals surface area contributed by atoms with Gasteiger partial charge in [0.05, 0.1) is 50.5 Å². The number of alkyl halides is 2. The summed E-state index contributed by atoms with van der Waals surface area (Å²) in [5, 5.41) is 1.59. The van der Waals surface area contributed by atoms with Gasteiger partial charge in [-0.1, -0.05) is 30.1 Å². The van der Waals surface area contributed by atoms with Crippen molar-refractivity contribution in [2.24, 2.45) is 23.7 Å². The van der Waals surface area contributed by atoms with Crippen LogP contribution in [0, 0.1) is 23.7 Å². The van der Waals surface area contributed by atoms with E-state index in [-0.39, 0.29) is 23.7 Å². The van der Waals surface area contributed by atoms with Gasteiger partial charge in [0.1, 0.15) is 0 Å². The molecule has 8 atom stereocenters. The molecule has 4 bridgehead atoms. The molecule has 5 aliphatic rings. The molecule has 4 fully saturated rings. The molecule has 2 aliphatic carbocycles. The summed E-state index contributed by atoms with van der Waals surface area (Å²) in [5.74, 6) is -2.37. The minimum absolute atomic E-state index is 0.240. The van der Waals surface area contributed by atoms with E-state index in [1.54, 1.807) is 0 Å². The van der Waals surface area contributed by atoms with E-state index in [0.717, 1.165) is 5.06 Å². The molecule has 2 amide bonds. The van der Waals surface area contributed by atoms with Crippen molar-refractivity contribution in [1.82, 2.24) is 5.06 Å². The fourth-order valence-corrected chi connectivity index (χ4v) is 7.59. The highest BCUT2D eigenvalue weighted by molar-refractivity contribution is 6.51. The van der Waals surface area contributed by atoms with E-state index in [1.165, 1.54) is 0 Å². The lowest BCUT2D eigenvalue weighted by molar-refractivity contribution is -0.192. The summed E-state index contributed by atoms with van der Waals surface area (Å²) in [7, 11) is 0. The maximum absolute atomic E-state index is 12.8. The monoisotopic (exact) mass is 425 g/mol. The number of halogens is 4. The Morgan fingerprint density at radius 1 is 1.08 bits per heavy atom. The number of ether oxygens (including phenoxy) is 1. The third-order valence-corrected chi connectivity index (χ3v) is 8.88. The lowest BCUT2D eigenvalue weighted by atomic mass is 9.65. The largest absolute Gasteiger partial charge is 0.373 e. The quantitative estimate of drug-likeness (QED) is 0.514. The van der Waals surface area contributed by atoms with Crippen molar-refractivity contribution < 1.29 is 19.2 Å². The summed E-state index contributed by atoms with van der Waals surface area (Å²) in [5.41, 5.74) is 0. The molecule has 1 saturated carbocycles. The zero-order valence-corrected chi connectivity index (χ0v) is 16.2. The number of rotatable bonds is 3. The molecule has 25 heavy (non-hydrogen) atoms. The van der Waals surface area contributed by atoms with Crippen LogP contribution in [0.5, 0.6) is 0 Å². The Morgan fingerprint density at radius 2 is 1.56 bits per heavy atom. The molecule has 3 aliphatic heterocycles. The Morgan fingerprint density at radius 3 is 2.00 bits per heavy atom. The van der Waals surface area contributed by atoms with E-state index in [0.29, 0.717) is 29.5 Å². The van der Waals surface area contributed by atoms with E-state index < -0.39 is 33.8 Å². The Bertz CT molecular complexity index is 690. The Balaban J connectivity index is 1.56. The van der Waals surface area contributed by atoms with Gasteiger partial charge >= 0.3 is 0 Å². The van der Waals surface area contributed by atoms with E-state index >= 15 is 0 Å². The average molecular weight is 427 g/mol. The first-order valence-electron chi connectivity index (χ1n) is 8.37. The van der Waals surface area contributed by atoms with Crippen LogP contribution in [0.25, 0.3) is 0 Å². The highest BCUT2D eigenvalue weighted by Gasteiger charge is 2.82. The average Bonchev–Trinajstić information content (AvgIpc) is 3.29. The number of carbonyl (C=O) groups is 2. The summed E-state index contributed by atoms with van der Waals surface area (Å²) in [6.45, 7) is 2.21. The van der Waals surface area contributed by atoms with Crippen molar-refractivity contribution in [3.63, 3.8) is 0 Å². The number of allylic oxidation sites excluding steroid dienone is 2. The van der Waals surface area contributed by atoms with Gasteiger partial charge in [0.15, 0.2) is 0 Å². The normalized spacial score (nSPS) is 52.6. The van der Waals surface area contributed by atoms with E-state index in [2.05, 4.69) is 0 Å². The highest BCUT2D eigenvalue weighted by Crippen LogP contribution is 2.75. The van der Waals surface area contributed by atoms with Gasteiger partial charge in [-0.05, 0) is 12.8 Å². The third-order valence-electron chi connectivity index (χ3n) is 6.39. The number of carbonyl (C=O) groups excluding carboxylic acids is 2. The van der Waals surface area contributed by atoms with Gasteiger partial charge in [-0.15, -0.1) is 23.2 Å². The second-order valence-electron chi connectivity index (χ2n) is 7.50. The van der Waals surface area contributed by atoms with Crippen molar-refractivity contribution >= 4 is 58.2 Å². The first kappa shape index (κ1) is 17.1. The summed E-state index contributed by atoms with van der Waals surface area (Å²) in [4.78, 5) is 29.0. The second kappa shape index (κ2) is 5.06. The van der Waals surface area contributed by atoms with Crippen LogP contribution in [-0.2, 0) is 19.2 Å². The van der Waals surface area contributed by atoms with Crippen molar-refractivity contribution in [2.45, 2.75) is 41.7 Å². The summed E-state index contributed by atoms with van der Waals surface area (Å²) in [6.07, 6.45) is 0.0995. The second-order valence-corrected chi connectivity index (χ2v) is 9.61. The number of amides is 2. The molecule has 0 spiro atoms. The van der Waals surface area contributed by atoms with Gasteiger partial charge in [-0.2, -0.15) is 5.06 Å². The fourth-order valence-electron chi connectivity index (χ4n) is 5.57. The van der Waals surface area contributed by atoms with Crippen LogP contribution in [0.3, 0.4) is 0 Å². The van der Waals surface area contributed by atoms with Crippen molar-refractivity contribution in [3.8, 4) is 0 Å². The minimum Gasteiger partial charge on any atom is -0.373 e. The molecular formula is C16H15Cl4NO4. The molecular weight excluding hydrogens is 412 g/mol. The number of hydrogen-bond donors (Lipinski definition) is 0. The molecule has 9 heteroatoms. The molecule has 5 rings (SSSR count). The SMILES string of the molecule is CCCON1C(=O)[C@H]2[C@H]3O[C@H]([C@@H]2C1=O)[C@@H]1[C@@H]3[C@]2(Cl)C[C@]1(Cl)C(Cl)=C2Cl. The van der Waals surface area contributed by atoms with Crippen LogP contribution in [0.2, 0.25) is 0 Å². The first-order valence-corrected chi connectivity index (χ1v) is 9.88. The predicted octanol–water partition coefficient (Wildman–Crippen LogP) is 3.00. The molecule has 0 aromatic rings. The van der Waals surface area contributed by atoms with Gasteiger partial charge in [-0.3, -0.25) is 14.4 Å². The topological polar surface area (TPSA) is 55.8 Å². The molecule has 136 valence electrons. The first-order chi connectivity index (χ1) is 11.8. The minimum atomic E-state index is -0.934. The number of nitrogens with zero attached hydrogens (tertiary/aromatic N) is 1. The van der Waals surface area contributed by atoms with Gasteiger partial charge < -0.3 is 4.74 Å². The van der Waals surface area contributed by atoms with Crippen molar-refractivity contribution in [2.75, 3.05) is 6.61 Å². The zero-order chi connectivity index (χ0) is 17.9. The fraction of sp³-hybridized carbons (Fsp3) is 0.750. The summed E-state index contributed by atoms with van der Waals surface area (Å²) in [6, 6.07) is 0. The summed E-state index contributed by atoms with van der Waals surface area (Å²) < 4.78 is 6.07. The number of hydroxylamine groups is 2. The number of imide groups is 1. The van der Waals surface area contributed by atoms with Crippen LogP contribution in [0.1, 0.15) is 19.8 Å². The van der Waals surface area contributed by atoms with E-state index in [9.17, 15) is 9.59 Å². The number of fused-ring (bicyclic) bond motifs is 12.